The molecule has 1 fully saturated rings. The van der Waals surface area contributed by atoms with Crippen molar-refractivity contribution in [1.29, 1.82) is 0 Å². The van der Waals surface area contributed by atoms with Crippen molar-refractivity contribution in [2.24, 2.45) is 0 Å². The second kappa shape index (κ2) is 3.86. The Morgan fingerprint density at radius 3 is 2.87 bits per heavy atom. The number of ether oxygens (including phenoxy) is 1. The maximum atomic E-state index is 11.8. The van der Waals surface area contributed by atoms with Crippen molar-refractivity contribution in [3.8, 4) is 0 Å². The van der Waals surface area contributed by atoms with Gasteiger partial charge in [0.15, 0.2) is 0 Å². The standard InChI is InChI=1S/C10H12N2O3/c1-15-10(14)8-3-2-4-12(9(8)13)7-5-11-6-7/h2-4,7,11H,5-6H2,1H3. The van der Waals surface area contributed by atoms with E-state index in [1.165, 1.54) is 13.2 Å². The van der Waals surface area contributed by atoms with Gasteiger partial charge >= 0.3 is 5.97 Å². The highest BCUT2D eigenvalue weighted by atomic mass is 16.5. The van der Waals surface area contributed by atoms with Crippen molar-refractivity contribution < 1.29 is 9.53 Å². The van der Waals surface area contributed by atoms with E-state index in [1.54, 1.807) is 16.8 Å². The molecule has 5 nitrogen and oxygen atoms in total. The minimum absolute atomic E-state index is 0.0897. The van der Waals surface area contributed by atoms with E-state index in [0.717, 1.165) is 13.1 Å². The molecular formula is C10H12N2O3. The highest BCUT2D eigenvalue weighted by Crippen LogP contribution is 2.08. The van der Waals surface area contributed by atoms with Crippen LogP contribution in [0, 0.1) is 0 Å². The zero-order valence-electron chi connectivity index (χ0n) is 8.40. The quantitative estimate of drug-likeness (QED) is 0.682. The average Bonchev–Trinajstić information content (AvgIpc) is 2.17. The number of methoxy groups -OCH3 is 1. The normalized spacial score (nSPS) is 15.8. The molecule has 0 spiro atoms. The van der Waals surface area contributed by atoms with Gasteiger partial charge in [0.25, 0.3) is 5.56 Å². The van der Waals surface area contributed by atoms with Gasteiger partial charge in [-0.25, -0.2) is 4.79 Å². The maximum Gasteiger partial charge on any atom is 0.343 e. The zero-order valence-corrected chi connectivity index (χ0v) is 8.40. The third kappa shape index (κ3) is 1.66. The van der Waals surface area contributed by atoms with Gasteiger partial charge in [-0.05, 0) is 12.1 Å². The molecule has 1 aliphatic rings. The number of pyridine rings is 1. The fraction of sp³-hybridized carbons (Fsp3) is 0.400. The molecule has 0 aliphatic carbocycles. The van der Waals surface area contributed by atoms with Gasteiger partial charge in [0.2, 0.25) is 0 Å². The van der Waals surface area contributed by atoms with Crippen molar-refractivity contribution in [3.63, 3.8) is 0 Å². The number of hydrogen-bond acceptors (Lipinski definition) is 4. The number of hydrogen-bond donors (Lipinski definition) is 1. The van der Waals surface area contributed by atoms with Crippen LogP contribution in [0.4, 0.5) is 0 Å². The predicted octanol–water partition coefficient (Wildman–Crippen LogP) is -0.221. The minimum Gasteiger partial charge on any atom is -0.465 e. The largest absolute Gasteiger partial charge is 0.465 e. The highest BCUT2D eigenvalue weighted by Gasteiger charge is 2.21. The lowest BCUT2D eigenvalue weighted by molar-refractivity contribution is 0.0597. The molecule has 0 unspecified atom stereocenters. The van der Waals surface area contributed by atoms with Crippen LogP contribution in [0.15, 0.2) is 23.1 Å². The molecule has 1 aliphatic heterocycles. The Kier molecular flexibility index (Phi) is 2.55. The van der Waals surface area contributed by atoms with Crippen LogP contribution in [0.1, 0.15) is 16.4 Å². The van der Waals surface area contributed by atoms with Crippen molar-refractivity contribution in [3.05, 3.63) is 34.2 Å². The summed E-state index contributed by atoms with van der Waals surface area (Å²) >= 11 is 0. The fourth-order valence-electron chi connectivity index (χ4n) is 1.53. The number of nitrogens with zero attached hydrogens (tertiary/aromatic N) is 1. The average molecular weight is 208 g/mol. The SMILES string of the molecule is COC(=O)c1cccn(C2CNC2)c1=O. The van der Waals surface area contributed by atoms with E-state index < -0.39 is 5.97 Å². The zero-order chi connectivity index (χ0) is 10.8. The number of carbonyl (C=O) groups is 1. The molecule has 1 N–H and O–H groups in total. The third-order valence-electron chi connectivity index (χ3n) is 2.53. The summed E-state index contributed by atoms with van der Waals surface area (Å²) in [6.45, 7) is 1.54. The van der Waals surface area contributed by atoms with E-state index in [9.17, 15) is 9.59 Å². The Balaban J connectivity index is 2.41. The first-order valence-electron chi connectivity index (χ1n) is 4.74. The molecular weight excluding hydrogens is 196 g/mol. The lowest BCUT2D eigenvalue weighted by atomic mass is 10.1. The van der Waals surface area contributed by atoms with Crippen molar-refractivity contribution >= 4 is 5.97 Å². The molecule has 80 valence electrons. The van der Waals surface area contributed by atoms with Crippen LogP contribution in [-0.4, -0.2) is 30.7 Å². The lowest BCUT2D eigenvalue weighted by Gasteiger charge is -2.29. The van der Waals surface area contributed by atoms with Gasteiger partial charge in [0.1, 0.15) is 5.56 Å². The summed E-state index contributed by atoms with van der Waals surface area (Å²) < 4.78 is 6.11. The van der Waals surface area contributed by atoms with Crippen LogP contribution >= 0.6 is 0 Å². The van der Waals surface area contributed by atoms with Crippen molar-refractivity contribution in [2.45, 2.75) is 6.04 Å². The molecule has 1 saturated heterocycles. The molecule has 0 saturated carbocycles. The molecule has 5 heteroatoms. The summed E-state index contributed by atoms with van der Waals surface area (Å²) in [6.07, 6.45) is 1.69. The Bertz CT molecular complexity index is 435. The van der Waals surface area contributed by atoms with Crippen molar-refractivity contribution in [1.82, 2.24) is 9.88 Å². The van der Waals surface area contributed by atoms with Crippen LogP contribution in [0.25, 0.3) is 0 Å². The molecule has 2 heterocycles. The lowest BCUT2D eigenvalue weighted by Crippen LogP contribution is -2.47. The third-order valence-corrected chi connectivity index (χ3v) is 2.53. The second-order valence-electron chi connectivity index (χ2n) is 3.44. The first-order chi connectivity index (χ1) is 7.24. The van der Waals surface area contributed by atoms with E-state index >= 15 is 0 Å². The molecule has 15 heavy (non-hydrogen) atoms. The van der Waals surface area contributed by atoms with Gasteiger partial charge < -0.3 is 14.6 Å². The number of rotatable bonds is 2. The van der Waals surface area contributed by atoms with E-state index in [4.69, 9.17) is 0 Å². The summed E-state index contributed by atoms with van der Waals surface area (Å²) in [5.74, 6) is -0.582. The number of esters is 1. The van der Waals surface area contributed by atoms with E-state index in [0.29, 0.717) is 0 Å². The number of aromatic nitrogens is 1. The Hall–Kier alpha value is -1.62. The van der Waals surface area contributed by atoms with Crippen molar-refractivity contribution in [2.75, 3.05) is 20.2 Å². The van der Waals surface area contributed by atoms with Gasteiger partial charge in [-0.2, -0.15) is 0 Å². The molecule has 0 atom stereocenters. The van der Waals surface area contributed by atoms with Gasteiger partial charge in [-0.3, -0.25) is 4.79 Å². The fourth-order valence-corrected chi connectivity index (χ4v) is 1.53. The van der Waals surface area contributed by atoms with E-state index in [2.05, 4.69) is 10.1 Å². The van der Waals surface area contributed by atoms with Gasteiger partial charge in [-0.1, -0.05) is 0 Å². The summed E-state index contributed by atoms with van der Waals surface area (Å²) in [6, 6.07) is 3.32. The summed E-state index contributed by atoms with van der Waals surface area (Å²) in [5.41, 5.74) is -0.192. The molecule has 0 aromatic carbocycles. The van der Waals surface area contributed by atoms with Crippen LogP contribution < -0.4 is 10.9 Å². The van der Waals surface area contributed by atoms with Crippen LogP contribution in [-0.2, 0) is 4.74 Å². The molecule has 0 radical (unpaired) electrons. The first-order valence-corrected chi connectivity index (χ1v) is 4.74. The topological polar surface area (TPSA) is 60.3 Å². The molecule has 0 amide bonds. The van der Waals surface area contributed by atoms with Gasteiger partial charge in [0.05, 0.1) is 13.2 Å². The van der Waals surface area contributed by atoms with Crippen LogP contribution in [0.3, 0.4) is 0 Å². The first kappa shape index (κ1) is 9.92. The van der Waals surface area contributed by atoms with E-state index in [1.807, 2.05) is 0 Å². The Morgan fingerprint density at radius 2 is 2.33 bits per heavy atom. The molecule has 0 bridgehead atoms. The van der Waals surface area contributed by atoms with Gasteiger partial charge in [-0.15, -0.1) is 0 Å². The molecule has 1 aromatic heterocycles. The smallest absolute Gasteiger partial charge is 0.343 e. The minimum atomic E-state index is -0.582. The maximum absolute atomic E-state index is 11.8. The van der Waals surface area contributed by atoms with Gasteiger partial charge in [0, 0.05) is 19.3 Å². The van der Waals surface area contributed by atoms with Crippen LogP contribution in [0.5, 0.6) is 0 Å². The Morgan fingerprint density at radius 1 is 1.60 bits per heavy atom. The molecule has 1 aromatic rings. The molecule has 2 rings (SSSR count). The highest BCUT2D eigenvalue weighted by molar-refractivity contribution is 5.88. The van der Waals surface area contributed by atoms with Crippen LogP contribution in [0.2, 0.25) is 0 Å². The number of carbonyl (C=O) groups excluding carboxylic acids is 1. The summed E-state index contributed by atoms with van der Waals surface area (Å²) in [5, 5.41) is 3.07. The monoisotopic (exact) mass is 208 g/mol. The Labute approximate surface area is 86.7 Å². The predicted molar refractivity (Wildman–Crippen MR) is 53.9 cm³/mol. The second-order valence-corrected chi connectivity index (χ2v) is 3.44. The summed E-state index contributed by atoms with van der Waals surface area (Å²) in [4.78, 5) is 23.1. The summed E-state index contributed by atoms with van der Waals surface area (Å²) in [7, 11) is 1.27. The number of nitrogens with one attached hydrogen (secondary N) is 1. The van der Waals surface area contributed by atoms with E-state index in [-0.39, 0.29) is 17.2 Å².